The van der Waals surface area contributed by atoms with E-state index < -0.39 is 55.4 Å². The number of hydrogen-bond acceptors (Lipinski definition) is 3. The third kappa shape index (κ3) is 2.72. The Morgan fingerprint density at radius 1 is 1.00 bits per heavy atom. The molecule has 1 aromatic rings. The number of benzene rings is 1. The molecule has 9 heteroatoms. The first-order valence-corrected chi connectivity index (χ1v) is 6.92. The molecule has 1 aromatic carbocycles. The molecule has 0 N–H and O–H groups in total. The molecule has 0 unspecified atom stereocenters. The molecule has 0 aliphatic heterocycles. The fraction of sp³-hybridized carbons (Fsp3) is 0.455. The van der Waals surface area contributed by atoms with E-state index in [0.717, 1.165) is 20.8 Å². The van der Waals surface area contributed by atoms with Crippen molar-refractivity contribution in [2.24, 2.45) is 0 Å². The van der Waals surface area contributed by atoms with E-state index in [1.54, 1.807) is 0 Å². The number of sulfone groups is 1. The Morgan fingerprint density at radius 2 is 1.50 bits per heavy atom. The maximum Gasteiger partial charge on any atom is 0.387 e. The first kappa shape index (κ1) is 16.7. The summed E-state index contributed by atoms with van der Waals surface area (Å²) in [6.45, 7) is -0.597. The number of halogens is 5. The fourth-order valence-corrected chi connectivity index (χ4v) is 2.62. The summed E-state index contributed by atoms with van der Waals surface area (Å²) in [7, 11) is -4.56. The van der Waals surface area contributed by atoms with E-state index in [9.17, 15) is 30.4 Å². The van der Waals surface area contributed by atoms with Crippen molar-refractivity contribution in [2.75, 3.05) is 0 Å². The van der Waals surface area contributed by atoms with Crippen LogP contribution in [-0.2, 0) is 9.84 Å². The standard InChI is InChI=1S/C11H11F5O3S/c1-4(2)20(17,18)10-8(14)6(12)5(3)7(13)9(10)19-11(15)16/h4,11H,1-3H3. The maximum atomic E-state index is 13.8. The molecule has 0 amide bonds. The number of ether oxygens (including phenoxy) is 1. The van der Waals surface area contributed by atoms with Crippen LogP contribution < -0.4 is 4.74 Å². The van der Waals surface area contributed by atoms with Gasteiger partial charge in [0.25, 0.3) is 0 Å². The Labute approximate surface area is 112 Å². The van der Waals surface area contributed by atoms with Crippen molar-refractivity contribution in [2.45, 2.75) is 37.5 Å². The number of alkyl halides is 2. The van der Waals surface area contributed by atoms with E-state index in [1.165, 1.54) is 0 Å². The van der Waals surface area contributed by atoms with Crippen molar-refractivity contribution in [3.8, 4) is 5.75 Å². The van der Waals surface area contributed by atoms with Crippen molar-refractivity contribution >= 4 is 9.84 Å². The summed E-state index contributed by atoms with van der Waals surface area (Å²) < 4.78 is 92.9. The fourth-order valence-electron chi connectivity index (χ4n) is 1.41. The minimum atomic E-state index is -4.56. The van der Waals surface area contributed by atoms with Crippen LogP contribution in [0.2, 0.25) is 0 Å². The van der Waals surface area contributed by atoms with E-state index in [0.29, 0.717) is 0 Å². The zero-order chi connectivity index (χ0) is 15.8. The molecule has 0 fully saturated rings. The monoisotopic (exact) mass is 318 g/mol. The normalized spacial score (nSPS) is 12.3. The molecule has 114 valence electrons. The molecule has 0 bridgehead atoms. The minimum absolute atomic E-state index is 0.776. The first-order chi connectivity index (χ1) is 9.01. The van der Waals surface area contributed by atoms with E-state index in [2.05, 4.69) is 4.74 Å². The van der Waals surface area contributed by atoms with Crippen LogP contribution in [0.25, 0.3) is 0 Å². The average molecular weight is 318 g/mol. The molecule has 0 aliphatic rings. The van der Waals surface area contributed by atoms with Crippen molar-refractivity contribution in [1.29, 1.82) is 0 Å². The highest BCUT2D eigenvalue weighted by molar-refractivity contribution is 7.92. The SMILES string of the molecule is Cc1c(F)c(F)c(S(=O)(=O)C(C)C)c(OC(F)F)c1F. The van der Waals surface area contributed by atoms with Crippen LogP contribution in [0.4, 0.5) is 22.0 Å². The lowest BCUT2D eigenvalue weighted by atomic mass is 10.2. The summed E-state index contributed by atoms with van der Waals surface area (Å²) in [5, 5.41) is -1.28. The Kier molecular flexibility index (Phi) is 4.62. The Balaban J connectivity index is 3.81. The highest BCUT2D eigenvalue weighted by atomic mass is 32.2. The van der Waals surface area contributed by atoms with Crippen molar-refractivity contribution in [3.05, 3.63) is 23.0 Å². The summed E-state index contributed by atoms with van der Waals surface area (Å²) in [6, 6.07) is 0. The second-order valence-corrected chi connectivity index (χ2v) is 6.64. The van der Waals surface area contributed by atoms with Crippen LogP contribution in [0.5, 0.6) is 5.75 Å². The van der Waals surface area contributed by atoms with E-state index in [1.807, 2.05) is 0 Å². The van der Waals surface area contributed by atoms with Gasteiger partial charge in [-0.05, 0) is 20.8 Å². The van der Waals surface area contributed by atoms with Gasteiger partial charge in [-0.1, -0.05) is 0 Å². The Morgan fingerprint density at radius 3 is 1.90 bits per heavy atom. The Hall–Kier alpha value is -1.38. The van der Waals surface area contributed by atoms with Gasteiger partial charge in [-0.3, -0.25) is 0 Å². The summed E-state index contributed by atoms with van der Waals surface area (Å²) in [5.74, 6) is -6.88. The van der Waals surface area contributed by atoms with E-state index in [-0.39, 0.29) is 0 Å². The summed E-state index contributed by atoms with van der Waals surface area (Å²) in [6.07, 6.45) is 0. The maximum absolute atomic E-state index is 13.8. The molecule has 1 rings (SSSR count). The van der Waals surface area contributed by atoms with Gasteiger partial charge in [-0.15, -0.1) is 0 Å². The van der Waals surface area contributed by atoms with Crippen LogP contribution in [0, 0.1) is 24.4 Å². The van der Waals surface area contributed by atoms with Crippen molar-refractivity contribution in [1.82, 2.24) is 0 Å². The largest absolute Gasteiger partial charge is 0.430 e. The summed E-state index contributed by atoms with van der Waals surface area (Å²) in [5.41, 5.74) is -0.944. The quantitative estimate of drug-likeness (QED) is 0.632. The Bertz CT molecular complexity index is 626. The van der Waals surface area contributed by atoms with Gasteiger partial charge in [0.1, 0.15) is 0 Å². The molecule has 0 saturated carbocycles. The molecular weight excluding hydrogens is 307 g/mol. The molecule has 0 atom stereocenters. The van der Waals surface area contributed by atoms with Crippen LogP contribution in [0.1, 0.15) is 19.4 Å². The predicted octanol–water partition coefficient (Wildman–Crippen LogP) is 3.20. The topological polar surface area (TPSA) is 43.4 Å². The first-order valence-electron chi connectivity index (χ1n) is 5.37. The van der Waals surface area contributed by atoms with Gasteiger partial charge in [0.15, 0.2) is 37.9 Å². The molecule has 0 aliphatic carbocycles. The van der Waals surface area contributed by atoms with Gasteiger partial charge in [0, 0.05) is 5.56 Å². The van der Waals surface area contributed by atoms with Gasteiger partial charge < -0.3 is 4.74 Å². The van der Waals surface area contributed by atoms with Crippen molar-refractivity contribution in [3.63, 3.8) is 0 Å². The van der Waals surface area contributed by atoms with Gasteiger partial charge in [0.05, 0.1) is 5.25 Å². The highest BCUT2D eigenvalue weighted by Crippen LogP contribution is 2.37. The number of hydrogen-bond donors (Lipinski definition) is 0. The molecule has 0 heterocycles. The van der Waals surface area contributed by atoms with Crippen LogP contribution in [0.15, 0.2) is 4.90 Å². The number of rotatable bonds is 4. The molecule has 0 spiro atoms. The van der Waals surface area contributed by atoms with Crippen LogP contribution in [0.3, 0.4) is 0 Å². The van der Waals surface area contributed by atoms with Crippen LogP contribution in [-0.4, -0.2) is 20.3 Å². The second kappa shape index (κ2) is 5.55. The highest BCUT2D eigenvalue weighted by Gasteiger charge is 2.35. The predicted molar refractivity (Wildman–Crippen MR) is 60.0 cm³/mol. The smallest absolute Gasteiger partial charge is 0.387 e. The average Bonchev–Trinajstić information content (AvgIpc) is 2.32. The molecule has 0 saturated heterocycles. The van der Waals surface area contributed by atoms with Gasteiger partial charge in [0.2, 0.25) is 0 Å². The van der Waals surface area contributed by atoms with Crippen LogP contribution >= 0.6 is 0 Å². The van der Waals surface area contributed by atoms with E-state index in [4.69, 9.17) is 0 Å². The second-order valence-electron chi connectivity index (χ2n) is 4.20. The van der Waals surface area contributed by atoms with E-state index >= 15 is 0 Å². The lowest BCUT2D eigenvalue weighted by Crippen LogP contribution is -2.20. The summed E-state index contributed by atoms with van der Waals surface area (Å²) in [4.78, 5) is -1.53. The third-order valence-electron chi connectivity index (χ3n) is 2.57. The molecule has 0 radical (unpaired) electrons. The minimum Gasteiger partial charge on any atom is -0.430 e. The third-order valence-corrected chi connectivity index (χ3v) is 4.74. The zero-order valence-electron chi connectivity index (χ0n) is 10.7. The lowest BCUT2D eigenvalue weighted by Gasteiger charge is -2.16. The summed E-state index contributed by atoms with van der Waals surface area (Å²) >= 11 is 0. The zero-order valence-corrected chi connectivity index (χ0v) is 11.5. The van der Waals surface area contributed by atoms with Gasteiger partial charge in [-0.25, -0.2) is 21.6 Å². The lowest BCUT2D eigenvalue weighted by molar-refractivity contribution is -0.0547. The van der Waals surface area contributed by atoms with Gasteiger partial charge >= 0.3 is 6.61 Å². The molecule has 0 aromatic heterocycles. The molecule has 20 heavy (non-hydrogen) atoms. The van der Waals surface area contributed by atoms with Crippen molar-refractivity contribution < 1.29 is 35.1 Å². The molecule has 3 nitrogen and oxygen atoms in total. The molecular formula is C11H11F5O3S. The van der Waals surface area contributed by atoms with Gasteiger partial charge in [-0.2, -0.15) is 8.78 Å².